The van der Waals surface area contributed by atoms with Gasteiger partial charge in [0.25, 0.3) is 0 Å². The minimum Gasteiger partial charge on any atom is -0.350 e. The van der Waals surface area contributed by atoms with Gasteiger partial charge in [0, 0.05) is 23.5 Å². The number of fused-ring (bicyclic) bond motifs is 2. The first kappa shape index (κ1) is 14.9. The number of nitrogens with one attached hydrogen (secondary N) is 2. The molecule has 3 rings (SSSR count). The lowest BCUT2D eigenvalue weighted by atomic mass is 9.89. The molecule has 2 aliphatic rings. The largest absolute Gasteiger partial charge is 0.350 e. The summed E-state index contributed by atoms with van der Waals surface area (Å²) in [4.78, 5) is 12.2. The van der Waals surface area contributed by atoms with Gasteiger partial charge in [0.05, 0.1) is 6.04 Å². The van der Waals surface area contributed by atoms with Crippen LogP contribution >= 0.6 is 11.6 Å². The van der Waals surface area contributed by atoms with Crippen LogP contribution in [0.4, 0.5) is 0 Å². The zero-order chi connectivity index (χ0) is 14.8. The van der Waals surface area contributed by atoms with E-state index in [1.54, 1.807) is 0 Å². The second-order valence-electron chi connectivity index (χ2n) is 6.52. The average Bonchev–Trinajstić information content (AvgIpc) is 2.77. The van der Waals surface area contributed by atoms with Crippen molar-refractivity contribution in [3.63, 3.8) is 0 Å². The Morgan fingerprint density at radius 3 is 2.76 bits per heavy atom. The normalized spacial score (nSPS) is 29.1. The molecule has 0 aliphatic carbocycles. The summed E-state index contributed by atoms with van der Waals surface area (Å²) in [5, 5.41) is 7.43. The van der Waals surface area contributed by atoms with E-state index < -0.39 is 0 Å². The quantitative estimate of drug-likeness (QED) is 0.894. The van der Waals surface area contributed by atoms with E-state index in [1.807, 2.05) is 31.2 Å². The van der Waals surface area contributed by atoms with E-state index in [2.05, 4.69) is 10.6 Å². The fourth-order valence-corrected chi connectivity index (χ4v) is 3.96. The maximum Gasteiger partial charge on any atom is 0.220 e. The number of piperidine rings is 1. The number of carbonyl (C=O) groups is 1. The van der Waals surface area contributed by atoms with Gasteiger partial charge in [0.2, 0.25) is 5.91 Å². The highest BCUT2D eigenvalue weighted by Crippen LogP contribution is 2.32. The van der Waals surface area contributed by atoms with Crippen LogP contribution in [-0.4, -0.2) is 18.0 Å². The second kappa shape index (κ2) is 6.37. The highest BCUT2D eigenvalue weighted by atomic mass is 35.5. The Morgan fingerprint density at radius 2 is 2.10 bits per heavy atom. The van der Waals surface area contributed by atoms with E-state index in [-0.39, 0.29) is 11.9 Å². The molecule has 3 atom stereocenters. The molecule has 0 saturated carbocycles. The third kappa shape index (κ3) is 3.78. The molecule has 2 fully saturated rings. The van der Waals surface area contributed by atoms with E-state index in [1.165, 1.54) is 12.8 Å². The van der Waals surface area contributed by atoms with Gasteiger partial charge in [-0.25, -0.2) is 0 Å². The number of hydrogen-bond donors (Lipinski definition) is 2. The van der Waals surface area contributed by atoms with Crippen molar-refractivity contribution in [2.45, 2.75) is 57.2 Å². The van der Waals surface area contributed by atoms with Crippen LogP contribution in [0.25, 0.3) is 0 Å². The number of benzene rings is 1. The van der Waals surface area contributed by atoms with Crippen molar-refractivity contribution in [3.05, 3.63) is 34.9 Å². The lowest BCUT2D eigenvalue weighted by Gasteiger charge is -2.29. The van der Waals surface area contributed by atoms with Gasteiger partial charge in [0.15, 0.2) is 0 Å². The Morgan fingerprint density at radius 1 is 1.38 bits per heavy atom. The Bertz CT molecular complexity index is 507. The average molecular weight is 307 g/mol. The van der Waals surface area contributed by atoms with Crippen LogP contribution < -0.4 is 10.6 Å². The minimum atomic E-state index is 0.00892. The summed E-state index contributed by atoms with van der Waals surface area (Å²) in [6.45, 7) is 2.01. The molecule has 2 N–H and O–H groups in total. The maximum absolute atomic E-state index is 12.2. The summed E-state index contributed by atoms with van der Waals surface area (Å²) in [5.41, 5.74) is 1.06. The molecular weight excluding hydrogens is 284 g/mol. The van der Waals surface area contributed by atoms with Crippen LogP contribution in [-0.2, 0) is 4.79 Å². The summed E-state index contributed by atoms with van der Waals surface area (Å²) in [5.74, 6) is 0.698. The van der Waals surface area contributed by atoms with Crippen LogP contribution in [0, 0.1) is 5.92 Å². The first-order valence-electron chi connectivity index (χ1n) is 7.91. The van der Waals surface area contributed by atoms with Gasteiger partial charge in [-0.05, 0) is 56.2 Å². The molecular formula is C17H23ClN2O. The number of carbonyl (C=O) groups excluding carboxylic acids is 1. The van der Waals surface area contributed by atoms with Crippen molar-refractivity contribution in [2.24, 2.45) is 5.92 Å². The Labute approximate surface area is 131 Å². The summed E-state index contributed by atoms with van der Waals surface area (Å²) in [6.07, 6.45) is 5.51. The lowest BCUT2D eigenvalue weighted by Crippen LogP contribution is -2.40. The van der Waals surface area contributed by atoms with Crippen LogP contribution in [0.2, 0.25) is 5.02 Å². The molecule has 2 saturated heterocycles. The molecule has 2 heterocycles. The van der Waals surface area contributed by atoms with Gasteiger partial charge in [-0.2, -0.15) is 0 Å². The van der Waals surface area contributed by atoms with Crippen molar-refractivity contribution in [2.75, 3.05) is 0 Å². The maximum atomic E-state index is 12.2. The van der Waals surface area contributed by atoms with Crippen molar-refractivity contribution in [3.8, 4) is 0 Å². The first-order valence-corrected chi connectivity index (χ1v) is 8.29. The molecule has 2 aliphatic heterocycles. The Balaban J connectivity index is 1.52. The smallest absolute Gasteiger partial charge is 0.220 e. The van der Waals surface area contributed by atoms with Crippen LogP contribution in [0.15, 0.2) is 24.3 Å². The molecule has 4 heteroatoms. The van der Waals surface area contributed by atoms with E-state index in [0.29, 0.717) is 29.4 Å². The van der Waals surface area contributed by atoms with Gasteiger partial charge in [-0.3, -0.25) is 4.79 Å². The van der Waals surface area contributed by atoms with Crippen molar-refractivity contribution in [1.82, 2.24) is 10.6 Å². The van der Waals surface area contributed by atoms with Gasteiger partial charge >= 0.3 is 0 Å². The molecule has 3 nitrogen and oxygen atoms in total. The molecule has 0 radical (unpaired) electrons. The Hall–Kier alpha value is -1.06. The molecule has 1 aromatic rings. The minimum absolute atomic E-state index is 0.00892. The van der Waals surface area contributed by atoms with Gasteiger partial charge in [-0.1, -0.05) is 23.7 Å². The molecule has 21 heavy (non-hydrogen) atoms. The summed E-state index contributed by atoms with van der Waals surface area (Å²) in [7, 11) is 0. The monoisotopic (exact) mass is 306 g/mol. The van der Waals surface area contributed by atoms with Crippen LogP contribution in [0.1, 0.15) is 50.6 Å². The van der Waals surface area contributed by atoms with Crippen LogP contribution in [0.5, 0.6) is 0 Å². The van der Waals surface area contributed by atoms with Gasteiger partial charge in [-0.15, -0.1) is 0 Å². The first-order chi connectivity index (χ1) is 10.1. The van der Waals surface area contributed by atoms with E-state index in [4.69, 9.17) is 11.6 Å². The SMILES string of the molecule is C[C@H](NC(=O)CC1CC2CCC(C1)N2)c1cccc(Cl)c1. The van der Waals surface area contributed by atoms with E-state index in [9.17, 15) is 4.79 Å². The lowest BCUT2D eigenvalue weighted by molar-refractivity contribution is -0.122. The molecule has 2 unspecified atom stereocenters. The summed E-state index contributed by atoms with van der Waals surface area (Å²) < 4.78 is 0. The number of amides is 1. The Kier molecular flexibility index (Phi) is 4.51. The topological polar surface area (TPSA) is 41.1 Å². The van der Waals surface area contributed by atoms with Gasteiger partial charge < -0.3 is 10.6 Å². The zero-order valence-corrected chi connectivity index (χ0v) is 13.2. The zero-order valence-electron chi connectivity index (χ0n) is 12.4. The molecule has 1 aromatic carbocycles. The summed E-state index contributed by atoms with van der Waals surface area (Å²) >= 11 is 6.00. The summed E-state index contributed by atoms with van der Waals surface area (Å²) in [6, 6.07) is 8.99. The molecule has 0 aromatic heterocycles. The fourth-order valence-electron chi connectivity index (χ4n) is 3.76. The highest BCUT2D eigenvalue weighted by molar-refractivity contribution is 6.30. The number of hydrogen-bond acceptors (Lipinski definition) is 2. The molecule has 1 amide bonds. The van der Waals surface area contributed by atoms with Crippen molar-refractivity contribution >= 4 is 17.5 Å². The highest BCUT2D eigenvalue weighted by Gasteiger charge is 2.34. The van der Waals surface area contributed by atoms with E-state index in [0.717, 1.165) is 18.4 Å². The third-order valence-electron chi connectivity index (χ3n) is 4.77. The van der Waals surface area contributed by atoms with Crippen molar-refractivity contribution < 1.29 is 4.79 Å². The third-order valence-corrected chi connectivity index (χ3v) is 5.01. The predicted octanol–water partition coefficient (Wildman–Crippen LogP) is 3.44. The number of rotatable bonds is 4. The molecule has 2 bridgehead atoms. The fraction of sp³-hybridized carbons (Fsp3) is 0.588. The van der Waals surface area contributed by atoms with Gasteiger partial charge in [0.1, 0.15) is 0 Å². The van der Waals surface area contributed by atoms with Crippen molar-refractivity contribution in [1.29, 1.82) is 0 Å². The molecule has 0 spiro atoms. The second-order valence-corrected chi connectivity index (χ2v) is 6.96. The predicted molar refractivity (Wildman–Crippen MR) is 85.3 cm³/mol. The van der Waals surface area contributed by atoms with Crippen LogP contribution in [0.3, 0.4) is 0 Å². The van der Waals surface area contributed by atoms with E-state index >= 15 is 0 Å². The standard InChI is InChI=1S/C17H23ClN2O/c1-11(13-3-2-4-14(18)10-13)19-17(21)9-12-7-15-5-6-16(8-12)20-15/h2-4,10-12,15-16,20H,5-9H2,1H3,(H,19,21)/t11-,12?,15?,16?/m0/s1. The number of halogens is 1. The molecule has 114 valence electrons.